The van der Waals surface area contributed by atoms with Gasteiger partial charge in [0, 0.05) is 16.3 Å². The molecule has 4 aromatic rings. The molecule has 2 aromatic heterocycles. The standard InChI is InChI=1S/C22H18FN3O4S2/c1-28-15-7-8-19(29-2)16(9-15)17-11-32-22(25-17)26-21(27)18-12-31-20(24-18)10-30-14-5-3-13(23)4-6-14/h3-9,11-12H,10H2,1-2H3,(H,25,26,27). The highest BCUT2D eigenvalue weighted by Crippen LogP contribution is 2.35. The highest BCUT2D eigenvalue weighted by molar-refractivity contribution is 7.14. The fourth-order valence-corrected chi connectivity index (χ4v) is 4.18. The zero-order valence-corrected chi connectivity index (χ0v) is 18.8. The van der Waals surface area contributed by atoms with Gasteiger partial charge in [-0.3, -0.25) is 10.1 Å². The van der Waals surface area contributed by atoms with Crippen LogP contribution in [0.15, 0.2) is 53.2 Å². The Morgan fingerprint density at radius 1 is 1.00 bits per heavy atom. The van der Waals surface area contributed by atoms with Crippen molar-refractivity contribution in [2.75, 3.05) is 19.5 Å². The second kappa shape index (κ2) is 9.75. The van der Waals surface area contributed by atoms with Gasteiger partial charge < -0.3 is 14.2 Å². The average molecular weight is 472 g/mol. The smallest absolute Gasteiger partial charge is 0.276 e. The van der Waals surface area contributed by atoms with Crippen molar-refractivity contribution in [3.63, 3.8) is 0 Å². The maximum Gasteiger partial charge on any atom is 0.276 e. The lowest BCUT2D eigenvalue weighted by Crippen LogP contribution is -2.12. The predicted octanol–water partition coefficient (Wildman–Crippen LogP) is 5.25. The van der Waals surface area contributed by atoms with Crippen LogP contribution in [0.5, 0.6) is 17.2 Å². The van der Waals surface area contributed by atoms with Crippen LogP contribution < -0.4 is 19.5 Å². The minimum atomic E-state index is -0.368. The number of rotatable bonds is 8. The molecule has 2 heterocycles. The van der Waals surface area contributed by atoms with E-state index in [1.54, 1.807) is 31.7 Å². The summed E-state index contributed by atoms with van der Waals surface area (Å²) < 4.78 is 29.2. The van der Waals surface area contributed by atoms with E-state index in [0.29, 0.717) is 33.1 Å². The van der Waals surface area contributed by atoms with E-state index in [2.05, 4.69) is 15.3 Å². The van der Waals surface area contributed by atoms with Crippen molar-refractivity contribution < 1.29 is 23.4 Å². The van der Waals surface area contributed by atoms with E-state index in [9.17, 15) is 9.18 Å². The molecule has 32 heavy (non-hydrogen) atoms. The fourth-order valence-electron chi connectivity index (χ4n) is 2.79. The zero-order valence-electron chi connectivity index (χ0n) is 17.1. The molecule has 0 unspecified atom stereocenters. The van der Waals surface area contributed by atoms with E-state index >= 15 is 0 Å². The van der Waals surface area contributed by atoms with Gasteiger partial charge in [0.25, 0.3) is 5.91 Å². The Morgan fingerprint density at radius 2 is 1.78 bits per heavy atom. The van der Waals surface area contributed by atoms with Crippen LogP contribution in [0, 0.1) is 5.82 Å². The molecule has 0 saturated heterocycles. The van der Waals surface area contributed by atoms with E-state index in [1.807, 2.05) is 11.4 Å². The van der Waals surface area contributed by atoms with Crippen molar-refractivity contribution in [3.8, 4) is 28.5 Å². The molecule has 2 aromatic carbocycles. The Kier molecular flexibility index (Phi) is 6.62. The number of thiazole rings is 2. The molecule has 1 amide bonds. The maximum atomic E-state index is 13.0. The van der Waals surface area contributed by atoms with Gasteiger partial charge in [0.05, 0.1) is 19.9 Å². The van der Waals surface area contributed by atoms with Gasteiger partial charge in [0.2, 0.25) is 0 Å². The molecular formula is C22H18FN3O4S2. The lowest BCUT2D eigenvalue weighted by atomic mass is 10.1. The average Bonchev–Trinajstić information content (AvgIpc) is 3.48. The molecule has 0 atom stereocenters. The van der Waals surface area contributed by atoms with Crippen LogP contribution in [0.2, 0.25) is 0 Å². The number of aromatic nitrogens is 2. The lowest BCUT2D eigenvalue weighted by Gasteiger charge is -2.08. The third kappa shape index (κ3) is 5.04. The van der Waals surface area contributed by atoms with Gasteiger partial charge >= 0.3 is 0 Å². The van der Waals surface area contributed by atoms with E-state index in [1.165, 1.54) is 46.9 Å². The number of halogens is 1. The van der Waals surface area contributed by atoms with Crippen LogP contribution in [-0.2, 0) is 6.61 Å². The minimum absolute atomic E-state index is 0.181. The fraction of sp³-hybridized carbons (Fsp3) is 0.136. The van der Waals surface area contributed by atoms with Crippen molar-refractivity contribution in [3.05, 3.63) is 69.7 Å². The molecule has 0 spiro atoms. The van der Waals surface area contributed by atoms with E-state index in [4.69, 9.17) is 14.2 Å². The van der Waals surface area contributed by atoms with Gasteiger partial charge in [-0.15, -0.1) is 22.7 Å². The summed E-state index contributed by atoms with van der Waals surface area (Å²) in [7, 11) is 3.17. The summed E-state index contributed by atoms with van der Waals surface area (Å²) in [4.78, 5) is 21.4. The second-order valence-corrected chi connectivity index (χ2v) is 8.23. The van der Waals surface area contributed by atoms with Crippen LogP contribution in [0.25, 0.3) is 11.3 Å². The van der Waals surface area contributed by atoms with Gasteiger partial charge in [-0.05, 0) is 42.5 Å². The first-order chi connectivity index (χ1) is 15.6. The monoisotopic (exact) mass is 471 g/mol. The Bertz CT molecular complexity index is 1220. The molecule has 0 aliphatic carbocycles. The quantitative estimate of drug-likeness (QED) is 0.378. The van der Waals surface area contributed by atoms with Crippen molar-refractivity contribution in [2.24, 2.45) is 0 Å². The molecular weight excluding hydrogens is 453 g/mol. The molecule has 164 valence electrons. The van der Waals surface area contributed by atoms with E-state index in [-0.39, 0.29) is 24.0 Å². The molecule has 1 N–H and O–H groups in total. The SMILES string of the molecule is COc1ccc(OC)c(-c2csc(NC(=O)c3csc(COc4ccc(F)cc4)n3)n2)c1. The number of methoxy groups -OCH3 is 2. The summed E-state index contributed by atoms with van der Waals surface area (Å²) in [5.41, 5.74) is 1.69. The first-order valence-electron chi connectivity index (χ1n) is 9.38. The summed E-state index contributed by atoms with van der Waals surface area (Å²) in [6.07, 6.45) is 0. The molecule has 0 fully saturated rings. The number of carbonyl (C=O) groups is 1. The Balaban J connectivity index is 1.41. The first-order valence-corrected chi connectivity index (χ1v) is 11.1. The molecule has 0 aliphatic rings. The number of nitrogens with one attached hydrogen (secondary N) is 1. The first kappa shape index (κ1) is 21.7. The van der Waals surface area contributed by atoms with Crippen LogP contribution in [0.1, 0.15) is 15.5 Å². The van der Waals surface area contributed by atoms with Crippen molar-refractivity contribution >= 4 is 33.7 Å². The van der Waals surface area contributed by atoms with Crippen molar-refractivity contribution in [2.45, 2.75) is 6.61 Å². The third-order valence-electron chi connectivity index (χ3n) is 4.37. The normalized spacial score (nSPS) is 10.6. The topological polar surface area (TPSA) is 82.6 Å². The zero-order chi connectivity index (χ0) is 22.5. The van der Waals surface area contributed by atoms with Gasteiger partial charge in [-0.2, -0.15) is 0 Å². The minimum Gasteiger partial charge on any atom is -0.497 e. The maximum absolute atomic E-state index is 13.0. The van der Waals surface area contributed by atoms with Gasteiger partial charge in [0.1, 0.15) is 40.4 Å². The van der Waals surface area contributed by atoms with Crippen LogP contribution in [0.4, 0.5) is 9.52 Å². The number of ether oxygens (including phenoxy) is 3. The Labute approximate surface area is 191 Å². The number of hydrogen-bond acceptors (Lipinski definition) is 8. The second-order valence-electron chi connectivity index (χ2n) is 6.43. The lowest BCUT2D eigenvalue weighted by molar-refractivity contribution is 0.102. The number of anilines is 1. The molecule has 4 rings (SSSR count). The Hall–Kier alpha value is -3.50. The van der Waals surface area contributed by atoms with Crippen molar-refractivity contribution in [1.82, 2.24) is 9.97 Å². The number of carbonyl (C=O) groups excluding carboxylic acids is 1. The summed E-state index contributed by atoms with van der Waals surface area (Å²) in [6, 6.07) is 11.1. The summed E-state index contributed by atoms with van der Waals surface area (Å²) in [6.45, 7) is 0.181. The van der Waals surface area contributed by atoms with Gasteiger partial charge in [0.15, 0.2) is 5.13 Å². The summed E-state index contributed by atoms with van der Waals surface area (Å²) in [5, 5.41) is 7.31. The molecule has 0 radical (unpaired) electrons. The van der Waals surface area contributed by atoms with Gasteiger partial charge in [-0.1, -0.05) is 0 Å². The molecule has 0 aliphatic heterocycles. The molecule has 7 nitrogen and oxygen atoms in total. The van der Waals surface area contributed by atoms with Crippen LogP contribution >= 0.6 is 22.7 Å². The number of amides is 1. The highest BCUT2D eigenvalue weighted by Gasteiger charge is 2.16. The van der Waals surface area contributed by atoms with Crippen LogP contribution in [-0.4, -0.2) is 30.1 Å². The number of benzene rings is 2. The largest absolute Gasteiger partial charge is 0.497 e. The Morgan fingerprint density at radius 3 is 2.53 bits per heavy atom. The summed E-state index contributed by atoms with van der Waals surface area (Å²) >= 11 is 2.60. The molecule has 0 saturated carbocycles. The van der Waals surface area contributed by atoms with E-state index in [0.717, 1.165) is 5.56 Å². The highest BCUT2D eigenvalue weighted by atomic mass is 32.1. The number of nitrogens with zero attached hydrogens (tertiary/aromatic N) is 2. The number of hydrogen-bond donors (Lipinski definition) is 1. The van der Waals surface area contributed by atoms with Crippen molar-refractivity contribution in [1.29, 1.82) is 0 Å². The summed E-state index contributed by atoms with van der Waals surface area (Å²) in [5.74, 6) is 1.15. The third-order valence-corrected chi connectivity index (χ3v) is 5.95. The van der Waals surface area contributed by atoms with E-state index < -0.39 is 0 Å². The molecule has 0 bridgehead atoms. The molecule has 10 heteroatoms. The van der Waals surface area contributed by atoms with Crippen LogP contribution in [0.3, 0.4) is 0 Å². The van der Waals surface area contributed by atoms with Gasteiger partial charge in [-0.25, -0.2) is 14.4 Å². The predicted molar refractivity (Wildman–Crippen MR) is 121 cm³/mol.